The summed E-state index contributed by atoms with van der Waals surface area (Å²) in [4.78, 5) is 21.4. The van der Waals surface area contributed by atoms with Crippen LogP contribution in [0.4, 0.5) is 0 Å². The van der Waals surface area contributed by atoms with Crippen LogP contribution in [-0.4, -0.2) is 42.9 Å². The average molecular weight is 365 g/mol. The van der Waals surface area contributed by atoms with Crippen molar-refractivity contribution in [2.24, 2.45) is 5.16 Å². The van der Waals surface area contributed by atoms with Crippen LogP contribution in [0.5, 0.6) is 5.75 Å². The molecule has 7 heteroatoms. The molecule has 0 aromatic heterocycles. The van der Waals surface area contributed by atoms with Gasteiger partial charge in [-0.2, -0.15) is 0 Å². The molecule has 0 spiro atoms. The highest BCUT2D eigenvalue weighted by Gasteiger charge is 2.25. The van der Waals surface area contributed by atoms with Gasteiger partial charge in [0.25, 0.3) is 0 Å². The van der Waals surface area contributed by atoms with Gasteiger partial charge in [-0.15, -0.1) is 0 Å². The second kappa shape index (κ2) is 8.66. The van der Waals surface area contributed by atoms with Gasteiger partial charge >= 0.3 is 0 Å². The lowest BCUT2D eigenvalue weighted by Crippen LogP contribution is -2.33. The molecule has 0 fully saturated rings. The summed E-state index contributed by atoms with van der Waals surface area (Å²) in [5, 5.41) is 17.8. The molecule has 0 unspecified atom stereocenters. The number of nitrogens with one attached hydrogen (secondary N) is 2. The van der Waals surface area contributed by atoms with E-state index in [1.54, 1.807) is 12.2 Å². The Morgan fingerprint density at radius 3 is 2.63 bits per heavy atom. The van der Waals surface area contributed by atoms with Crippen molar-refractivity contribution in [3.05, 3.63) is 65.7 Å². The van der Waals surface area contributed by atoms with Crippen molar-refractivity contribution in [3.8, 4) is 16.9 Å². The van der Waals surface area contributed by atoms with Crippen LogP contribution in [0.3, 0.4) is 0 Å². The van der Waals surface area contributed by atoms with Gasteiger partial charge in [0.15, 0.2) is 0 Å². The smallest absolute Gasteiger partial charge is 0.239 e. The predicted octanol–water partition coefficient (Wildman–Crippen LogP) is 1.69. The molecule has 0 aliphatic heterocycles. The third-order valence-corrected chi connectivity index (χ3v) is 4.09. The first-order chi connectivity index (χ1) is 13.2. The Morgan fingerprint density at radius 2 is 1.85 bits per heavy atom. The highest BCUT2D eigenvalue weighted by atomic mass is 16.5. The van der Waals surface area contributed by atoms with Crippen molar-refractivity contribution in [2.75, 3.05) is 19.7 Å². The molecule has 0 atom stereocenters. The second-order valence-corrected chi connectivity index (χ2v) is 5.79. The minimum Gasteiger partial charge on any atom is -0.490 e. The van der Waals surface area contributed by atoms with Gasteiger partial charge in [0.05, 0.1) is 6.54 Å². The van der Waals surface area contributed by atoms with E-state index in [0.717, 1.165) is 22.3 Å². The molecule has 0 bridgehead atoms. The van der Waals surface area contributed by atoms with Crippen LogP contribution < -0.4 is 15.4 Å². The molecular formula is C20H19N3O4. The maximum Gasteiger partial charge on any atom is 0.239 e. The van der Waals surface area contributed by atoms with Gasteiger partial charge in [-0.3, -0.25) is 9.59 Å². The number of hydrogen-bond donors (Lipinski definition) is 3. The number of amides is 2. The minimum absolute atomic E-state index is 0.0416. The van der Waals surface area contributed by atoms with E-state index >= 15 is 0 Å². The first kappa shape index (κ1) is 18.2. The summed E-state index contributed by atoms with van der Waals surface area (Å²) in [6.07, 6.45) is 4.03. The topological polar surface area (TPSA) is 100 Å². The van der Waals surface area contributed by atoms with Crippen molar-refractivity contribution in [2.45, 2.75) is 0 Å². The second-order valence-electron chi connectivity index (χ2n) is 5.79. The monoisotopic (exact) mass is 365 g/mol. The summed E-state index contributed by atoms with van der Waals surface area (Å²) in [5.74, 6) is 0.397. The lowest BCUT2D eigenvalue weighted by Gasteiger charge is -2.06. The number of hydrogen-bond acceptors (Lipinski definition) is 5. The SMILES string of the molecule is O=CNCC(=O)NC/C=C/COc1ccc2c(c1)/C(=N\O)c1ccccc1-2. The van der Waals surface area contributed by atoms with Gasteiger partial charge in [0, 0.05) is 17.7 Å². The van der Waals surface area contributed by atoms with Crippen molar-refractivity contribution in [3.63, 3.8) is 0 Å². The van der Waals surface area contributed by atoms with Crippen LogP contribution in [0, 0.1) is 0 Å². The number of carbonyl (C=O) groups excluding carboxylic acids is 2. The van der Waals surface area contributed by atoms with E-state index < -0.39 is 0 Å². The van der Waals surface area contributed by atoms with Gasteiger partial charge < -0.3 is 20.6 Å². The average Bonchev–Trinajstić information content (AvgIpc) is 3.01. The molecule has 2 amide bonds. The van der Waals surface area contributed by atoms with Crippen LogP contribution >= 0.6 is 0 Å². The number of nitrogens with zero attached hydrogens (tertiary/aromatic N) is 1. The van der Waals surface area contributed by atoms with E-state index in [9.17, 15) is 14.8 Å². The van der Waals surface area contributed by atoms with Crippen LogP contribution in [0.2, 0.25) is 0 Å². The fourth-order valence-electron chi connectivity index (χ4n) is 2.89. The first-order valence-corrected chi connectivity index (χ1v) is 8.42. The van der Waals surface area contributed by atoms with Crippen LogP contribution in [0.25, 0.3) is 11.1 Å². The van der Waals surface area contributed by atoms with E-state index in [1.165, 1.54) is 0 Å². The molecule has 138 valence electrons. The van der Waals surface area contributed by atoms with Gasteiger partial charge in [-0.05, 0) is 35.4 Å². The molecule has 0 saturated carbocycles. The van der Waals surface area contributed by atoms with E-state index in [-0.39, 0.29) is 12.5 Å². The Hall–Kier alpha value is -3.61. The summed E-state index contributed by atoms with van der Waals surface area (Å²) < 4.78 is 5.70. The van der Waals surface area contributed by atoms with E-state index in [4.69, 9.17) is 4.74 Å². The van der Waals surface area contributed by atoms with E-state index in [1.807, 2.05) is 42.5 Å². The largest absolute Gasteiger partial charge is 0.490 e. The molecule has 3 N–H and O–H groups in total. The van der Waals surface area contributed by atoms with Gasteiger partial charge in [-0.25, -0.2) is 0 Å². The molecule has 0 heterocycles. The molecule has 27 heavy (non-hydrogen) atoms. The Morgan fingerprint density at radius 1 is 1.07 bits per heavy atom. The predicted molar refractivity (Wildman–Crippen MR) is 101 cm³/mol. The summed E-state index contributed by atoms with van der Waals surface area (Å²) in [7, 11) is 0. The van der Waals surface area contributed by atoms with Crippen molar-refractivity contribution in [1.29, 1.82) is 0 Å². The number of rotatable bonds is 8. The highest BCUT2D eigenvalue weighted by molar-refractivity contribution is 6.24. The zero-order valence-corrected chi connectivity index (χ0v) is 14.5. The van der Waals surface area contributed by atoms with Gasteiger partial charge in [-0.1, -0.05) is 35.5 Å². The lowest BCUT2D eigenvalue weighted by molar-refractivity contribution is -0.121. The Labute approximate surface area is 156 Å². The molecule has 0 saturated heterocycles. The molecule has 2 aromatic rings. The Bertz CT molecular complexity index is 906. The number of benzene rings is 2. The van der Waals surface area contributed by atoms with Crippen molar-refractivity contribution in [1.82, 2.24) is 10.6 Å². The maximum absolute atomic E-state index is 11.3. The van der Waals surface area contributed by atoms with E-state index in [0.29, 0.717) is 31.0 Å². The molecule has 1 aliphatic carbocycles. The van der Waals surface area contributed by atoms with Gasteiger partial charge in [0.2, 0.25) is 12.3 Å². The Kier molecular flexibility index (Phi) is 5.84. The summed E-state index contributed by atoms with van der Waals surface area (Å²) in [6, 6.07) is 13.5. The third-order valence-electron chi connectivity index (χ3n) is 4.09. The third kappa shape index (κ3) is 4.14. The number of oxime groups is 1. The summed E-state index contributed by atoms with van der Waals surface area (Å²) in [6.45, 7) is 0.642. The van der Waals surface area contributed by atoms with Crippen molar-refractivity contribution < 1.29 is 19.5 Å². The Balaban J connectivity index is 1.56. The lowest BCUT2D eigenvalue weighted by atomic mass is 10.1. The van der Waals surface area contributed by atoms with E-state index in [2.05, 4.69) is 15.8 Å². The number of carbonyl (C=O) groups is 2. The number of ether oxygens (including phenoxy) is 1. The summed E-state index contributed by atoms with van der Waals surface area (Å²) in [5.41, 5.74) is 4.30. The fraction of sp³-hybridized carbons (Fsp3) is 0.150. The zero-order chi connectivity index (χ0) is 19.1. The molecule has 7 nitrogen and oxygen atoms in total. The van der Waals surface area contributed by atoms with Gasteiger partial charge in [0.1, 0.15) is 18.1 Å². The molecule has 2 aromatic carbocycles. The minimum atomic E-state index is -0.262. The highest BCUT2D eigenvalue weighted by Crippen LogP contribution is 2.38. The van der Waals surface area contributed by atoms with Crippen LogP contribution in [-0.2, 0) is 9.59 Å². The van der Waals surface area contributed by atoms with Crippen molar-refractivity contribution >= 4 is 18.0 Å². The summed E-state index contributed by atoms with van der Waals surface area (Å²) >= 11 is 0. The fourth-order valence-corrected chi connectivity index (χ4v) is 2.89. The van der Waals surface area contributed by atoms with Crippen LogP contribution in [0.15, 0.2) is 59.8 Å². The normalized spacial score (nSPS) is 13.3. The zero-order valence-electron chi connectivity index (χ0n) is 14.5. The molecule has 3 rings (SSSR count). The molecule has 1 aliphatic rings. The van der Waals surface area contributed by atoms with Crippen LogP contribution in [0.1, 0.15) is 11.1 Å². The molecular weight excluding hydrogens is 346 g/mol. The standard InChI is InChI=1S/C20H19N3O4/c24-13-21-12-19(25)22-9-3-4-10-27-14-7-8-16-15-5-1-2-6-17(15)20(23-26)18(16)11-14/h1-8,11,13,26H,9-10,12H2,(H,21,24)(H,22,25)/b4-3+,23-20-. The quantitative estimate of drug-likeness (QED) is 0.245. The molecule has 0 radical (unpaired) electrons. The number of fused-ring (bicyclic) bond motifs is 3. The first-order valence-electron chi connectivity index (χ1n) is 8.42. The maximum atomic E-state index is 11.3.